The average Bonchev–Trinajstić information content (AvgIpc) is 2.26. The van der Waals surface area contributed by atoms with E-state index in [2.05, 4.69) is 17.2 Å². The minimum atomic E-state index is -0.261. The van der Waals surface area contributed by atoms with E-state index in [1.165, 1.54) is 12.3 Å². The molecular weight excluding hydrogens is 224 g/mol. The minimum Gasteiger partial charge on any atom is -0.349 e. The highest BCUT2D eigenvalue weighted by atomic mass is 32.2. The lowest BCUT2D eigenvalue weighted by Crippen LogP contribution is -2.34. The van der Waals surface area contributed by atoms with Crippen molar-refractivity contribution in [2.24, 2.45) is 0 Å². The summed E-state index contributed by atoms with van der Waals surface area (Å²) < 4.78 is 0. The third-order valence-electron chi connectivity index (χ3n) is 1.99. The Bertz CT molecular complexity index is 403. The fourth-order valence-corrected chi connectivity index (χ4v) is 1.90. The second-order valence-electron chi connectivity index (χ2n) is 3.48. The SMILES string of the molecule is CCSCC(C)NC(=O)c1cc[nH]c(=O)c1. The van der Waals surface area contributed by atoms with E-state index in [9.17, 15) is 9.59 Å². The van der Waals surface area contributed by atoms with Gasteiger partial charge in [-0.1, -0.05) is 6.92 Å². The van der Waals surface area contributed by atoms with Gasteiger partial charge in [-0.05, 0) is 18.7 Å². The summed E-state index contributed by atoms with van der Waals surface area (Å²) in [7, 11) is 0. The number of pyridine rings is 1. The van der Waals surface area contributed by atoms with Crippen LogP contribution in [0.25, 0.3) is 0 Å². The predicted molar refractivity (Wildman–Crippen MR) is 67.0 cm³/mol. The van der Waals surface area contributed by atoms with Crippen LogP contribution in [0.2, 0.25) is 0 Å². The molecule has 1 rings (SSSR count). The molecule has 0 aliphatic carbocycles. The number of nitrogens with one attached hydrogen (secondary N) is 2. The van der Waals surface area contributed by atoms with Crippen molar-refractivity contribution in [3.63, 3.8) is 0 Å². The molecule has 4 nitrogen and oxygen atoms in total. The Morgan fingerprint density at radius 1 is 1.62 bits per heavy atom. The maximum Gasteiger partial charge on any atom is 0.251 e. The molecule has 88 valence electrons. The van der Waals surface area contributed by atoms with Crippen LogP contribution in [0.1, 0.15) is 24.2 Å². The van der Waals surface area contributed by atoms with Gasteiger partial charge in [0.15, 0.2) is 0 Å². The van der Waals surface area contributed by atoms with Crippen molar-refractivity contribution in [2.75, 3.05) is 11.5 Å². The highest BCUT2D eigenvalue weighted by Gasteiger charge is 2.09. The van der Waals surface area contributed by atoms with Gasteiger partial charge >= 0.3 is 0 Å². The van der Waals surface area contributed by atoms with Crippen molar-refractivity contribution in [3.05, 3.63) is 34.2 Å². The number of H-pyrrole nitrogens is 1. The zero-order valence-electron chi connectivity index (χ0n) is 9.45. The molecule has 1 aromatic rings. The van der Waals surface area contributed by atoms with Gasteiger partial charge in [0, 0.05) is 29.6 Å². The van der Waals surface area contributed by atoms with E-state index in [0.29, 0.717) is 5.56 Å². The number of rotatable bonds is 5. The van der Waals surface area contributed by atoms with Gasteiger partial charge in [-0.2, -0.15) is 11.8 Å². The molecule has 0 fully saturated rings. The number of aromatic amines is 1. The number of hydrogen-bond donors (Lipinski definition) is 2. The van der Waals surface area contributed by atoms with Crippen LogP contribution >= 0.6 is 11.8 Å². The van der Waals surface area contributed by atoms with Gasteiger partial charge in [0.2, 0.25) is 5.56 Å². The molecule has 0 radical (unpaired) electrons. The Labute approximate surface area is 98.8 Å². The Kier molecular flexibility index (Phi) is 5.11. The highest BCUT2D eigenvalue weighted by molar-refractivity contribution is 7.99. The Hall–Kier alpha value is -1.23. The Morgan fingerprint density at radius 3 is 3.00 bits per heavy atom. The third-order valence-corrected chi connectivity index (χ3v) is 3.13. The van der Waals surface area contributed by atoms with Crippen LogP contribution in [0.5, 0.6) is 0 Å². The number of aromatic nitrogens is 1. The molecule has 0 saturated carbocycles. The van der Waals surface area contributed by atoms with Crippen LogP contribution in [0, 0.1) is 0 Å². The summed E-state index contributed by atoms with van der Waals surface area (Å²) in [5.74, 6) is 1.71. The number of carbonyl (C=O) groups is 1. The van der Waals surface area contributed by atoms with Crippen LogP contribution in [-0.4, -0.2) is 28.4 Å². The lowest BCUT2D eigenvalue weighted by molar-refractivity contribution is 0.0943. The Balaban J connectivity index is 2.55. The third kappa shape index (κ3) is 4.10. The smallest absolute Gasteiger partial charge is 0.251 e. The summed E-state index contributed by atoms with van der Waals surface area (Å²) in [6.45, 7) is 4.03. The molecule has 5 heteroatoms. The molecule has 1 atom stereocenters. The molecule has 0 bridgehead atoms. The molecule has 0 spiro atoms. The molecule has 1 aromatic heterocycles. The van der Waals surface area contributed by atoms with E-state index in [1.54, 1.807) is 17.8 Å². The van der Waals surface area contributed by atoms with Gasteiger partial charge in [0.1, 0.15) is 0 Å². The van der Waals surface area contributed by atoms with Gasteiger partial charge in [0.25, 0.3) is 5.91 Å². The maximum atomic E-state index is 11.7. The molecule has 1 unspecified atom stereocenters. The van der Waals surface area contributed by atoms with Gasteiger partial charge in [-0.3, -0.25) is 9.59 Å². The monoisotopic (exact) mass is 240 g/mol. The molecule has 2 N–H and O–H groups in total. The van der Waals surface area contributed by atoms with E-state index < -0.39 is 0 Å². The van der Waals surface area contributed by atoms with Crippen LogP contribution in [0.4, 0.5) is 0 Å². The second-order valence-corrected chi connectivity index (χ2v) is 4.79. The summed E-state index contributed by atoms with van der Waals surface area (Å²) in [5.41, 5.74) is 0.139. The molecule has 0 aliphatic heterocycles. The zero-order chi connectivity index (χ0) is 12.0. The number of carbonyl (C=O) groups excluding carboxylic acids is 1. The van der Waals surface area contributed by atoms with Crippen molar-refractivity contribution < 1.29 is 4.79 Å². The lowest BCUT2D eigenvalue weighted by Gasteiger charge is -2.12. The molecule has 0 aromatic carbocycles. The largest absolute Gasteiger partial charge is 0.349 e. The topological polar surface area (TPSA) is 62.0 Å². The number of hydrogen-bond acceptors (Lipinski definition) is 3. The Morgan fingerprint density at radius 2 is 2.38 bits per heavy atom. The molecule has 0 aliphatic rings. The predicted octanol–water partition coefficient (Wildman–Crippen LogP) is 1.25. The van der Waals surface area contributed by atoms with Crippen LogP contribution < -0.4 is 10.9 Å². The van der Waals surface area contributed by atoms with Gasteiger partial charge in [-0.15, -0.1) is 0 Å². The fraction of sp³-hybridized carbons (Fsp3) is 0.455. The summed E-state index contributed by atoms with van der Waals surface area (Å²) in [5, 5.41) is 2.85. The molecule has 0 saturated heterocycles. The average molecular weight is 240 g/mol. The summed E-state index contributed by atoms with van der Waals surface area (Å²) in [6.07, 6.45) is 1.47. The first-order valence-electron chi connectivity index (χ1n) is 5.21. The fourth-order valence-electron chi connectivity index (χ4n) is 1.23. The van der Waals surface area contributed by atoms with Gasteiger partial charge < -0.3 is 10.3 Å². The molecule has 1 amide bonds. The first kappa shape index (κ1) is 12.8. The number of thioether (sulfide) groups is 1. The first-order chi connectivity index (χ1) is 7.63. The second kappa shape index (κ2) is 6.37. The van der Waals surface area contributed by atoms with E-state index >= 15 is 0 Å². The first-order valence-corrected chi connectivity index (χ1v) is 6.36. The lowest BCUT2D eigenvalue weighted by atomic mass is 10.2. The van der Waals surface area contributed by atoms with Crippen LogP contribution in [-0.2, 0) is 0 Å². The quantitative estimate of drug-likeness (QED) is 0.814. The van der Waals surface area contributed by atoms with Crippen molar-refractivity contribution in [1.29, 1.82) is 0 Å². The standard InChI is InChI=1S/C11H16N2O2S/c1-3-16-7-8(2)13-11(15)9-4-5-12-10(14)6-9/h4-6,8H,3,7H2,1-2H3,(H,12,14)(H,13,15). The van der Waals surface area contributed by atoms with Crippen molar-refractivity contribution >= 4 is 17.7 Å². The van der Waals surface area contributed by atoms with Crippen LogP contribution in [0.15, 0.2) is 23.1 Å². The highest BCUT2D eigenvalue weighted by Crippen LogP contribution is 2.02. The van der Waals surface area contributed by atoms with Crippen molar-refractivity contribution in [2.45, 2.75) is 19.9 Å². The normalized spacial score (nSPS) is 12.1. The summed E-state index contributed by atoms with van der Waals surface area (Å²) in [4.78, 5) is 25.2. The van der Waals surface area contributed by atoms with Gasteiger partial charge in [-0.25, -0.2) is 0 Å². The van der Waals surface area contributed by atoms with E-state index in [0.717, 1.165) is 11.5 Å². The van der Waals surface area contributed by atoms with E-state index in [4.69, 9.17) is 0 Å². The molecular formula is C11H16N2O2S. The van der Waals surface area contributed by atoms with E-state index in [-0.39, 0.29) is 17.5 Å². The van der Waals surface area contributed by atoms with Crippen LogP contribution in [0.3, 0.4) is 0 Å². The maximum absolute atomic E-state index is 11.7. The summed E-state index contributed by atoms with van der Waals surface area (Å²) in [6, 6.07) is 3.00. The zero-order valence-corrected chi connectivity index (χ0v) is 10.3. The van der Waals surface area contributed by atoms with Crippen molar-refractivity contribution in [1.82, 2.24) is 10.3 Å². The summed E-state index contributed by atoms with van der Waals surface area (Å²) >= 11 is 1.77. The molecule has 1 heterocycles. The minimum absolute atomic E-state index is 0.108. The van der Waals surface area contributed by atoms with Gasteiger partial charge in [0.05, 0.1) is 0 Å². The van der Waals surface area contributed by atoms with E-state index in [1.807, 2.05) is 6.92 Å². The number of amides is 1. The molecule has 16 heavy (non-hydrogen) atoms. The van der Waals surface area contributed by atoms with Crippen molar-refractivity contribution in [3.8, 4) is 0 Å².